The van der Waals surface area contributed by atoms with E-state index in [-0.39, 0.29) is 5.25 Å². The van der Waals surface area contributed by atoms with E-state index in [1.165, 1.54) is 17.8 Å². The topological polar surface area (TPSA) is 121 Å². The van der Waals surface area contributed by atoms with E-state index in [4.69, 9.17) is 0 Å². The number of aromatic carboxylic acids is 2. The van der Waals surface area contributed by atoms with Crippen LogP contribution < -0.4 is 10.2 Å². The van der Waals surface area contributed by atoms with E-state index in [0.29, 0.717) is 24.0 Å². The average Bonchev–Trinajstić information content (AvgIpc) is 2.55. The molecule has 8 heteroatoms. The molecule has 4 atom stereocenters. The number of aliphatic hydroxyl groups excluding tert-OH is 2. The van der Waals surface area contributed by atoms with Crippen molar-refractivity contribution in [3.05, 3.63) is 34.4 Å². The fraction of sp³-hybridized carbons (Fsp3) is 0.556. The van der Waals surface area contributed by atoms with Gasteiger partial charge in [0.05, 0.1) is 22.8 Å². The second-order valence-electron chi connectivity index (χ2n) is 5.83. The fourth-order valence-electron chi connectivity index (χ4n) is 2.89. The number of aliphatic hydroxyl groups is 2. The van der Waals surface area contributed by atoms with E-state index in [1.54, 1.807) is 19.9 Å². The highest BCUT2D eigenvalue weighted by Gasteiger charge is 2.27. The van der Waals surface area contributed by atoms with Crippen LogP contribution in [0.15, 0.2) is 12.1 Å². The smallest absolute Gasteiger partial charge is 0.0970 e. The van der Waals surface area contributed by atoms with Crippen LogP contribution in [0.1, 0.15) is 82.9 Å². The van der Waals surface area contributed by atoms with Gasteiger partial charge in [-0.05, 0) is 37.8 Å². The van der Waals surface area contributed by atoms with E-state index in [2.05, 4.69) is 0 Å². The van der Waals surface area contributed by atoms with Gasteiger partial charge in [-0.15, -0.1) is 23.5 Å². The summed E-state index contributed by atoms with van der Waals surface area (Å²) in [6, 6.07) is 2.78. The quantitative estimate of drug-likeness (QED) is 0.566. The third-order valence-electron chi connectivity index (χ3n) is 3.84. The molecule has 0 heterocycles. The normalized spacial score (nSPS) is 15.9. The zero-order chi connectivity index (χ0) is 20.0. The van der Waals surface area contributed by atoms with Gasteiger partial charge in [-0.1, -0.05) is 26.0 Å². The molecule has 26 heavy (non-hydrogen) atoms. The summed E-state index contributed by atoms with van der Waals surface area (Å²) in [6.07, 6.45) is 1.09. The maximum Gasteiger partial charge on any atom is 0.0970 e. The van der Waals surface area contributed by atoms with Crippen LogP contribution in [0, 0.1) is 0 Å². The van der Waals surface area contributed by atoms with Crippen molar-refractivity contribution in [1.82, 2.24) is 0 Å². The number of carboxylic acids is 2. The minimum Gasteiger partial charge on any atom is -0.545 e. The molecule has 6 nitrogen and oxygen atoms in total. The van der Waals surface area contributed by atoms with Gasteiger partial charge in [-0.25, -0.2) is 0 Å². The van der Waals surface area contributed by atoms with Crippen LogP contribution in [0.3, 0.4) is 0 Å². The van der Waals surface area contributed by atoms with Gasteiger partial charge in [0.2, 0.25) is 0 Å². The number of rotatable bonds is 10. The Balaban J connectivity index is 3.75. The second-order valence-corrected chi connectivity index (χ2v) is 8.88. The van der Waals surface area contributed by atoms with Gasteiger partial charge in [-0.2, -0.15) is 0 Å². The molecule has 1 aromatic carbocycles. The third-order valence-corrected chi connectivity index (χ3v) is 6.44. The van der Waals surface area contributed by atoms with Crippen molar-refractivity contribution in [2.75, 3.05) is 0 Å². The Morgan fingerprint density at radius 3 is 1.85 bits per heavy atom. The lowest BCUT2D eigenvalue weighted by Crippen LogP contribution is -2.32. The van der Waals surface area contributed by atoms with Crippen LogP contribution in [0.25, 0.3) is 0 Å². The minimum atomic E-state index is -1.59. The van der Waals surface area contributed by atoms with Crippen molar-refractivity contribution in [2.45, 2.75) is 61.9 Å². The van der Waals surface area contributed by atoms with E-state index >= 15 is 0 Å². The molecule has 0 aliphatic rings. The molecule has 0 amide bonds. The highest BCUT2D eigenvalue weighted by Crippen LogP contribution is 2.45. The second kappa shape index (κ2) is 10.2. The first kappa shape index (κ1) is 22.8. The lowest BCUT2D eigenvalue weighted by atomic mass is 9.90. The molecule has 0 bridgehead atoms. The summed E-state index contributed by atoms with van der Waals surface area (Å²) in [4.78, 5) is 23.2. The summed E-state index contributed by atoms with van der Waals surface area (Å²) in [5.74, 6) is -3.19. The number of hydrogen-bond acceptors (Lipinski definition) is 8. The highest BCUT2D eigenvalue weighted by atomic mass is 32.2. The highest BCUT2D eigenvalue weighted by molar-refractivity contribution is 8.00. The SMILES string of the molecule is CCC(SC(C)O)c1ccc(C(=O)[O-])c(C(=O)[O-])c1C(CC)SC(C)O. The Kier molecular flexibility index (Phi) is 8.95. The number of hydrogen-bond donors (Lipinski definition) is 2. The Morgan fingerprint density at radius 1 is 0.962 bits per heavy atom. The van der Waals surface area contributed by atoms with Crippen LogP contribution in [-0.4, -0.2) is 33.0 Å². The van der Waals surface area contributed by atoms with Gasteiger partial charge >= 0.3 is 0 Å². The van der Waals surface area contributed by atoms with Crippen molar-refractivity contribution < 1.29 is 30.0 Å². The molecule has 4 unspecified atom stereocenters. The number of carbonyl (C=O) groups excluding carboxylic acids is 2. The van der Waals surface area contributed by atoms with Crippen LogP contribution >= 0.6 is 23.5 Å². The molecule has 0 aliphatic heterocycles. The largest absolute Gasteiger partial charge is 0.545 e. The summed E-state index contributed by atoms with van der Waals surface area (Å²) in [5, 5.41) is 42.1. The monoisotopic (exact) mass is 400 g/mol. The number of thioether (sulfide) groups is 2. The number of carbonyl (C=O) groups is 2. The lowest BCUT2D eigenvalue weighted by Gasteiger charge is -2.29. The van der Waals surface area contributed by atoms with E-state index < -0.39 is 39.2 Å². The van der Waals surface area contributed by atoms with Crippen molar-refractivity contribution in [2.24, 2.45) is 0 Å². The molecular formula is C18H24O6S2-2. The Hall–Kier alpha value is -1.22. The van der Waals surface area contributed by atoms with Gasteiger partial charge in [0.25, 0.3) is 0 Å². The van der Waals surface area contributed by atoms with Crippen molar-refractivity contribution in [3.8, 4) is 0 Å². The Morgan fingerprint density at radius 2 is 1.46 bits per heavy atom. The Labute approximate surface area is 162 Å². The maximum absolute atomic E-state index is 11.8. The third kappa shape index (κ3) is 5.64. The molecular weight excluding hydrogens is 376 g/mol. The van der Waals surface area contributed by atoms with Gasteiger partial charge in [-0.3, -0.25) is 0 Å². The first-order valence-corrected chi connectivity index (χ1v) is 10.3. The molecule has 146 valence electrons. The van der Waals surface area contributed by atoms with Gasteiger partial charge < -0.3 is 30.0 Å². The molecule has 0 saturated carbocycles. The maximum atomic E-state index is 11.8. The van der Waals surface area contributed by atoms with Crippen LogP contribution in [-0.2, 0) is 0 Å². The van der Waals surface area contributed by atoms with E-state index in [1.807, 2.05) is 13.8 Å². The average molecular weight is 401 g/mol. The predicted octanol–water partition coefficient (Wildman–Crippen LogP) is 1.46. The molecule has 0 spiro atoms. The predicted molar refractivity (Wildman–Crippen MR) is 99.7 cm³/mol. The van der Waals surface area contributed by atoms with Crippen molar-refractivity contribution >= 4 is 35.5 Å². The van der Waals surface area contributed by atoms with Crippen LogP contribution in [0.5, 0.6) is 0 Å². The molecule has 0 saturated heterocycles. The molecule has 0 radical (unpaired) electrons. The molecule has 0 aliphatic carbocycles. The Bertz CT molecular complexity index is 645. The van der Waals surface area contributed by atoms with Gasteiger partial charge in [0.1, 0.15) is 0 Å². The standard InChI is InChI=1S/C18H26O6S2/c1-5-13(25-9(3)19)11-7-8-12(17(21)22)16(18(23)24)15(11)14(6-2)26-10(4)20/h7-10,13-14,19-20H,5-6H2,1-4H3,(H,21,22)(H,23,24)/p-2. The summed E-state index contributed by atoms with van der Waals surface area (Å²) in [6.45, 7) is 6.91. The zero-order valence-electron chi connectivity index (χ0n) is 15.2. The summed E-state index contributed by atoms with van der Waals surface area (Å²) >= 11 is 2.40. The first-order valence-electron chi connectivity index (χ1n) is 8.40. The molecule has 1 aromatic rings. The number of benzene rings is 1. The first-order chi connectivity index (χ1) is 12.1. The lowest BCUT2D eigenvalue weighted by molar-refractivity contribution is -0.259. The van der Waals surface area contributed by atoms with Crippen LogP contribution in [0.4, 0.5) is 0 Å². The van der Waals surface area contributed by atoms with E-state index in [0.717, 1.165) is 11.8 Å². The minimum absolute atomic E-state index is 0.234. The zero-order valence-corrected chi connectivity index (χ0v) is 16.9. The number of carboxylic acid groups (broad SMARTS) is 2. The van der Waals surface area contributed by atoms with Crippen molar-refractivity contribution in [3.63, 3.8) is 0 Å². The molecule has 0 fully saturated rings. The molecule has 0 aromatic heterocycles. The molecule has 1 rings (SSSR count). The van der Waals surface area contributed by atoms with E-state index in [9.17, 15) is 30.0 Å². The summed E-state index contributed by atoms with van der Waals surface area (Å²) < 4.78 is 0. The summed E-state index contributed by atoms with van der Waals surface area (Å²) in [5.41, 5.74) is -1.34. The summed E-state index contributed by atoms with van der Waals surface area (Å²) in [7, 11) is 0. The molecule has 2 N–H and O–H groups in total. The van der Waals surface area contributed by atoms with Gasteiger partial charge in [0.15, 0.2) is 0 Å². The van der Waals surface area contributed by atoms with Gasteiger partial charge in [0, 0.05) is 21.6 Å². The fourth-order valence-corrected chi connectivity index (χ4v) is 4.96. The van der Waals surface area contributed by atoms with Crippen molar-refractivity contribution in [1.29, 1.82) is 0 Å². The van der Waals surface area contributed by atoms with Crippen LogP contribution in [0.2, 0.25) is 0 Å².